The van der Waals surface area contributed by atoms with Gasteiger partial charge >= 0.3 is 0 Å². The Morgan fingerprint density at radius 1 is 1.21 bits per heavy atom. The van der Waals surface area contributed by atoms with Crippen molar-refractivity contribution >= 4 is 11.6 Å². The minimum atomic E-state index is -0.539. The summed E-state index contributed by atoms with van der Waals surface area (Å²) in [7, 11) is 0. The molecule has 1 N–H and O–H groups in total. The Bertz CT molecular complexity index is 899. The van der Waals surface area contributed by atoms with E-state index in [4.69, 9.17) is 0 Å². The number of aromatic nitrogens is 3. The minimum absolute atomic E-state index is 0.0470. The van der Waals surface area contributed by atoms with E-state index in [1.807, 2.05) is 35.7 Å². The number of carbonyl (C=O) groups is 1. The van der Waals surface area contributed by atoms with Crippen LogP contribution in [0.2, 0.25) is 0 Å². The molecule has 0 bridgehead atoms. The van der Waals surface area contributed by atoms with E-state index in [9.17, 15) is 9.18 Å². The molecule has 3 aromatic rings. The Morgan fingerprint density at radius 2 is 1.96 bits per heavy atom. The molecule has 0 saturated heterocycles. The Labute approximate surface area is 138 Å². The number of rotatable bonds is 4. The van der Waals surface area contributed by atoms with Crippen molar-refractivity contribution in [3.8, 4) is 0 Å². The van der Waals surface area contributed by atoms with Crippen molar-refractivity contribution in [1.29, 1.82) is 0 Å². The van der Waals surface area contributed by atoms with Crippen LogP contribution in [-0.2, 0) is 10.2 Å². The Morgan fingerprint density at radius 3 is 2.67 bits per heavy atom. The summed E-state index contributed by atoms with van der Waals surface area (Å²) >= 11 is 0. The lowest BCUT2D eigenvalue weighted by molar-refractivity contribution is -0.124. The van der Waals surface area contributed by atoms with Crippen LogP contribution in [0.15, 0.2) is 48.7 Å². The number of halogens is 1. The van der Waals surface area contributed by atoms with E-state index >= 15 is 0 Å². The number of amides is 1. The van der Waals surface area contributed by atoms with E-state index in [-0.39, 0.29) is 17.8 Å². The lowest BCUT2D eigenvalue weighted by atomic mass is 9.94. The molecule has 0 aliphatic heterocycles. The number of benzene rings is 1. The van der Waals surface area contributed by atoms with Crippen molar-refractivity contribution in [1.82, 2.24) is 19.9 Å². The summed E-state index contributed by atoms with van der Waals surface area (Å²) in [6.45, 7) is 1.89. The second kappa shape index (κ2) is 5.40. The van der Waals surface area contributed by atoms with E-state index in [0.29, 0.717) is 5.82 Å². The lowest BCUT2D eigenvalue weighted by Crippen LogP contribution is -2.37. The van der Waals surface area contributed by atoms with Crippen molar-refractivity contribution in [3.63, 3.8) is 0 Å². The van der Waals surface area contributed by atoms with Gasteiger partial charge in [0.2, 0.25) is 5.91 Å². The number of hydrogen-bond acceptors (Lipinski definition) is 3. The Hall–Kier alpha value is -2.76. The molecule has 1 fully saturated rings. The Kier molecular flexibility index (Phi) is 3.33. The van der Waals surface area contributed by atoms with E-state index < -0.39 is 5.41 Å². The largest absolute Gasteiger partial charge is 0.346 e. The highest BCUT2D eigenvalue weighted by Crippen LogP contribution is 2.48. The van der Waals surface area contributed by atoms with Crippen LogP contribution in [0, 0.1) is 5.82 Å². The standard InChI is InChI=1S/C18H17FN4O/c1-12(16-22-21-15-4-2-3-11-23(15)16)20-17(24)18(9-10-18)13-5-7-14(19)8-6-13/h2-8,11-12H,9-10H2,1H3,(H,20,24)/t12-/m1/s1. The molecular weight excluding hydrogens is 307 g/mol. The summed E-state index contributed by atoms with van der Waals surface area (Å²) < 4.78 is 15.0. The molecule has 0 unspecified atom stereocenters. The van der Waals surface area contributed by atoms with Crippen molar-refractivity contribution in [2.45, 2.75) is 31.2 Å². The van der Waals surface area contributed by atoms with Crippen LogP contribution in [0.5, 0.6) is 0 Å². The highest BCUT2D eigenvalue weighted by Gasteiger charge is 2.51. The van der Waals surface area contributed by atoms with Crippen LogP contribution in [-0.4, -0.2) is 20.5 Å². The molecule has 1 aromatic carbocycles. The predicted octanol–water partition coefficient (Wildman–Crippen LogP) is 2.78. The van der Waals surface area contributed by atoms with Gasteiger partial charge in [0.25, 0.3) is 0 Å². The second-order valence-electron chi connectivity index (χ2n) is 6.27. The molecule has 5 nitrogen and oxygen atoms in total. The average molecular weight is 324 g/mol. The highest BCUT2D eigenvalue weighted by molar-refractivity contribution is 5.91. The van der Waals surface area contributed by atoms with Crippen LogP contribution in [0.4, 0.5) is 4.39 Å². The third-order valence-electron chi connectivity index (χ3n) is 4.66. The summed E-state index contributed by atoms with van der Waals surface area (Å²) in [6.07, 6.45) is 3.43. The van der Waals surface area contributed by atoms with Gasteiger partial charge in [0.1, 0.15) is 5.82 Å². The summed E-state index contributed by atoms with van der Waals surface area (Å²) in [4.78, 5) is 12.8. The van der Waals surface area contributed by atoms with Crippen molar-refractivity contribution in [3.05, 3.63) is 65.9 Å². The number of nitrogens with one attached hydrogen (secondary N) is 1. The average Bonchev–Trinajstić information content (AvgIpc) is 3.28. The van der Waals surface area contributed by atoms with Gasteiger partial charge in [0, 0.05) is 6.20 Å². The van der Waals surface area contributed by atoms with Gasteiger partial charge in [-0.25, -0.2) is 4.39 Å². The number of pyridine rings is 1. The van der Waals surface area contributed by atoms with Gasteiger partial charge in [0.05, 0.1) is 11.5 Å². The summed E-state index contributed by atoms with van der Waals surface area (Å²) in [5.74, 6) is 0.349. The normalized spacial score (nSPS) is 16.8. The third kappa shape index (κ3) is 2.35. The molecule has 1 aliphatic carbocycles. The smallest absolute Gasteiger partial charge is 0.231 e. The van der Waals surface area contributed by atoms with Crippen LogP contribution >= 0.6 is 0 Å². The molecular formula is C18H17FN4O. The van der Waals surface area contributed by atoms with Gasteiger partial charge < -0.3 is 5.32 Å². The molecule has 6 heteroatoms. The molecule has 0 spiro atoms. The van der Waals surface area contributed by atoms with Crippen LogP contribution in [0.3, 0.4) is 0 Å². The number of nitrogens with zero attached hydrogens (tertiary/aromatic N) is 3. The van der Waals surface area contributed by atoms with Crippen LogP contribution in [0.25, 0.3) is 5.65 Å². The fraction of sp³-hybridized carbons (Fsp3) is 0.278. The monoisotopic (exact) mass is 324 g/mol. The maximum atomic E-state index is 13.1. The fourth-order valence-electron chi connectivity index (χ4n) is 3.10. The lowest BCUT2D eigenvalue weighted by Gasteiger charge is -2.19. The summed E-state index contributed by atoms with van der Waals surface area (Å²) in [5.41, 5.74) is 1.07. The first-order valence-corrected chi connectivity index (χ1v) is 7.97. The van der Waals surface area contributed by atoms with Gasteiger partial charge in [0.15, 0.2) is 11.5 Å². The zero-order chi connectivity index (χ0) is 16.7. The molecule has 0 radical (unpaired) electrons. The third-order valence-corrected chi connectivity index (χ3v) is 4.66. The Balaban J connectivity index is 1.56. The van der Waals surface area contributed by atoms with Gasteiger partial charge in [-0.2, -0.15) is 0 Å². The van der Waals surface area contributed by atoms with E-state index in [1.165, 1.54) is 12.1 Å². The zero-order valence-corrected chi connectivity index (χ0v) is 13.2. The zero-order valence-electron chi connectivity index (χ0n) is 13.2. The molecule has 1 atom stereocenters. The second-order valence-corrected chi connectivity index (χ2v) is 6.27. The minimum Gasteiger partial charge on any atom is -0.346 e. The topological polar surface area (TPSA) is 59.3 Å². The van der Waals surface area contributed by atoms with Gasteiger partial charge in [-0.15, -0.1) is 10.2 Å². The first kappa shape index (κ1) is 14.8. The molecule has 1 aliphatic rings. The molecule has 1 amide bonds. The van der Waals surface area contributed by atoms with Crippen LogP contribution in [0.1, 0.15) is 37.2 Å². The van der Waals surface area contributed by atoms with E-state index in [2.05, 4.69) is 15.5 Å². The first-order valence-electron chi connectivity index (χ1n) is 7.97. The fourth-order valence-corrected chi connectivity index (χ4v) is 3.10. The molecule has 2 aromatic heterocycles. The molecule has 2 heterocycles. The molecule has 1 saturated carbocycles. The van der Waals surface area contributed by atoms with E-state index in [1.54, 1.807) is 12.1 Å². The first-order chi connectivity index (χ1) is 11.6. The molecule has 4 rings (SSSR count). The van der Waals surface area contributed by atoms with Crippen molar-refractivity contribution in [2.24, 2.45) is 0 Å². The number of hydrogen-bond donors (Lipinski definition) is 1. The van der Waals surface area contributed by atoms with Gasteiger partial charge in [-0.1, -0.05) is 18.2 Å². The number of carbonyl (C=O) groups excluding carboxylic acids is 1. The van der Waals surface area contributed by atoms with Crippen molar-refractivity contribution < 1.29 is 9.18 Å². The van der Waals surface area contributed by atoms with Crippen LogP contribution < -0.4 is 5.32 Å². The predicted molar refractivity (Wildman–Crippen MR) is 86.9 cm³/mol. The SMILES string of the molecule is C[C@@H](NC(=O)C1(c2ccc(F)cc2)CC1)c1nnc2ccccn12. The maximum Gasteiger partial charge on any atom is 0.231 e. The number of fused-ring (bicyclic) bond motifs is 1. The maximum absolute atomic E-state index is 13.1. The highest BCUT2D eigenvalue weighted by atomic mass is 19.1. The molecule has 122 valence electrons. The van der Waals surface area contributed by atoms with Gasteiger partial charge in [-0.05, 0) is 49.6 Å². The molecule has 24 heavy (non-hydrogen) atoms. The quantitative estimate of drug-likeness (QED) is 0.803. The van der Waals surface area contributed by atoms with Gasteiger partial charge in [-0.3, -0.25) is 9.20 Å². The van der Waals surface area contributed by atoms with E-state index in [0.717, 1.165) is 24.1 Å². The van der Waals surface area contributed by atoms with Crippen molar-refractivity contribution in [2.75, 3.05) is 0 Å². The summed E-state index contributed by atoms with van der Waals surface area (Å²) in [5, 5.41) is 11.3. The summed E-state index contributed by atoms with van der Waals surface area (Å²) in [6, 6.07) is 11.6.